The van der Waals surface area contributed by atoms with Gasteiger partial charge in [-0.05, 0) is 13.8 Å². The molecule has 2 amide bonds. The SMILES string of the molecule is CCN(CC)C(=O)CCNC(=O)c1cnc(Cl)cn1. The molecule has 1 N–H and O–H groups in total. The summed E-state index contributed by atoms with van der Waals surface area (Å²) in [6.07, 6.45) is 2.87. The smallest absolute Gasteiger partial charge is 0.271 e. The summed E-state index contributed by atoms with van der Waals surface area (Å²) in [4.78, 5) is 32.7. The normalized spacial score (nSPS) is 10.1. The van der Waals surface area contributed by atoms with Crippen LogP contribution in [0.25, 0.3) is 0 Å². The minimum atomic E-state index is -0.364. The predicted molar refractivity (Wildman–Crippen MR) is 71.9 cm³/mol. The molecule has 0 aliphatic heterocycles. The van der Waals surface area contributed by atoms with Crippen molar-refractivity contribution in [2.75, 3.05) is 19.6 Å². The molecule has 19 heavy (non-hydrogen) atoms. The van der Waals surface area contributed by atoms with Gasteiger partial charge in [-0.15, -0.1) is 0 Å². The molecule has 0 aliphatic rings. The molecule has 1 rings (SSSR count). The summed E-state index contributed by atoms with van der Waals surface area (Å²) in [7, 11) is 0. The number of aromatic nitrogens is 2. The highest BCUT2D eigenvalue weighted by molar-refractivity contribution is 6.29. The summed E-state index contributed by atoms with van der Waals surface area (Å²) in [5, 5.41) is 2.85. The van der Waals surface area contributed by atoms with E-state index in [9.17, 15) is 9.59 Å². The molecule has 0 saturated carbocycles. The van der Waals surface area contributed by atoms with Crippen LogP contribution < -0.4 is 5.32 Å². The molecule has 0 radical (unpaired) electrons. The highest BCUT2D eigenvalue weighted by Gasteiger charge is 2.11. The first-order chi connectivity index (χ1) is 9.08. The van der Waals surface area contributed by atoms with Gasteiger partial charge in [-0.1, -0.05) is 11.6 Å². The number of hydrogen-bond acceptors (Lipinski definition) is 4. The third-order valence-electron chi connectivity index (χ3n) is 2.59. The van der Waals surface area contributed by atoms with Crippen LogP contribution in [0.4, 0.5) is 0 Å². The summed E-state index contributed by atoms with van der Waals surface area (Å²) < 4.78 is 0. The summed E-state index contributed by atoms with van der Waals surface area (Å²) >= 11 is 5.57. The van der Waals surface area contributed by atoms with Crippen molar-refractivity contribution in [3.8, 4) is 0 Å². The van der Waals surface area contributed by atoms with Gasteiger partial charge in [0.05, 0.1) is 12.4 Å². The molecule has 0 fully saturated rings. The van der Waals surface area contributed by atoms with Gasteiger partial charge >= 0.3 is 0 Å². The molecule has 0 bridgehead atoms. The number of nitrogens with one attached hydrogen (secondary N) is 1. The molecule has 0 atom stereocenters. The van der Waals surface area contributed by atoms with E-state index >= 15 is 0 Å². The van der Waals surface area contributed by atoms with Crippen LogP contribution in [-0.4, -0.2) is 46.3 Å². The number of rotatable bonds is 6. The molecular weight excluding hydrogens is 268 g/mol. The molecule has 0 unspecified atom stereocenters. The number of amides is 2. The van der Waals surface area contributed by atoms with E-state index in [4.69, 9.17) is 11.6 Å². The van der Waals surface area contributed by atoms with Crippen molar-refractivity contribution in [2.24, 2.45) is 0 Å². The quantitative estimate of drug-likeness (QED) is 0.849. The minimum Gasteiger partial charge on any atom is -0.350 e. The maximum absolute atomic E-state index is 11.7. The van der Waals surface area contributed by atoms with Gasteiger partial charge in [0.25, 0.3) is 5.91 Å². The van der Waals surface area contributed by atoms with E-state index in [2.05, 4.69) is 15.3 Å². The Bertz CT molecular complexity index is 432. The number of hydrogen-bond donors (Lipinski definition) is 1. The Balaban J connectivity index is 2.39. The van der Waals surface area contributed by atoms with Gasteiger partial charge in [0.2, 0.25) is 5.91 Å². The zero-order chi connectivity index (χ0) is 14.3. The molecule has 104 valence electrons. The van der Waals surface area contributed by atoms with E-state index in [-0.39, 0.29) is 35.6 Å². The van der Waals surface area contributed by atoms with Crippen molar-refractivity contribution in [1.82, 2.24) is 20.2 Å². The van der Waals surface area contributed by atoms with Gasteiger partial charge in [-0.25, -0.2) is 9.97 Å². The van der Waals surface area contributed by atoms with Crippen molar-refractivity contribution in [2.45, 2.75) is 20.3 Å². The maximum atomic E-state index is 11.7. The highest BCUT2D eigenvalue weighted by atomic mass is 35.5. The number of carbonyl (C=O) groups is 2. The zero-order valence-corrected chi connectivity index (χ0v) is 11.8. The molecule has 1 heterocycles. The van der Waals surface area contributed by atoms with Gasteiger partial charge < -0.3 is 10.2 Å². The molecular formula is C12H17ClN4O2. The van der Waals surface area contributed by atoms with Crippen LogP contribution in [0.2, 0.25) is 5.15 Å². The highest BCUT2D eigenvalue weighted by Crippen LogP contribution is 2.01. The second-order valence-electron chi connectivity index (χ2n) is 3.80. The van der Waals surface area contributed by atoms with E-state index in [0.29, 0.717) is 13.1 Å². The Hall–Kier alpha value is -1.69. The third kappa shape index (κ3) is 4.82. The van der Waals surface area contributed by atoms with Crippen molar-refractivity contribution in [1.29, 1.82) is 0 Å². The topological polar surface area (TPSA) is 75.2 Å². The molecule has 1 aromatic rings. The lowest BCUT2D eigenvalue weighted by atomic mass is 10.3. The number of halogens is 1. The minimum absolute atomic E-state index is 0.0208. The Morgan fingerprint density at radius 3 is 2.47 bits per heavy atom. The molecule has 0 spiro atoms. The zero-order valence-electron chi connectivity index (χ0n) is 11.0. The molecule has 6 nitrogen and oxygen atoms in total. The Morgan fingerprint density at radius 2 is 1.95 bits per heavy atom. The van der Waals surface area contributed by atoms with Crippen LogP contribution in [-0.2, 0) is 4.79 Å². The average molecular weight is 285 g/mol. The van der Waals surface area contributed by atoms with Gasteiger partial charge in [-0.2, -0.15) is 0 Å². The summed E-state index contributed by atoms with van der Waals surface area (Å²) in [5.74, 6) is -0.344. The van der Waals surface area contributed by atoms with Crippen molar-refractivity contribution >= 4 is 23.4 Å². The molecule has 0 aromatic carbocycles. The average Bonchev–Trinajstić information content (AvgIpc) is 2.40. The summed E-state index contributed by atoms with van der Waals surface area (Å²) in [6, 6.07) is 0. The molecule has 0 aliphatic carbocycles. The van der Waals surface area contributed by atoms with E-state index in [1.165, 1.54) is 12.4 Å². The Labute approximate surface area is 117 Å². The first kappa shape index (κ1) is 15.4. The van der Waals surface area contributed by atoms with Gasteiger partial charge in [-0.3, -0.25) is 9.59 Å². The van der Waals surface area contributed by atoms with Crippen molar-refractivity contribution in [3.63, 3.8) is 0 Å². The van der Waals surface area contributed by atoms with Crippen molar-refractivity contribution < 1.29 is 9.59 Å². The fraction of sp³-hybridized carbons (Fsp3) is 0.500. The second-order valence-corrected chi connectivity index (χ2v) is 4.18. The lowest BCUT2D eigenvalue weighted by Gasteiger charge is -2.18. The summed E-state index contributed by atoms with van der Waals surface area (Å²) in [5.41, 5.74) is 0.180. The summed E-state index contributed by atoms with van der Waals surface area (Å²) in [6.45, 7) is 5.46. The predicted octanol–water partition coefficient (Wildman–Crippen LogP) is 1.12. The second kappa shape index (κ2) is 7.68. The molecule has 0 saturated heterocycles. The number of carbonyl (C=O) groups excluding carboxylic acids is 2. The van der Waals surface area contributed by atoms with Crippen LogP contribution in [0.5, 0.6) is 0 Å². The first-order valence-electron chi connectivity index (χ1n) is 6.12. The first-order valence-corrected chi connectivity index (χ1v) is 6.49. The van der Waals surface area contributed by atoms with E-state index in [1.54, 1.807) is 4.90 Å². The largest absolute Gasteiger partial charge is 0.350 e. The Morgan fingerprint density at radius 1 is 1.26 bits per heavy atom. The van der Waals surface area contributed by atoms with Crippen LogP contribution >= 0.6 is 11.6 Å². The molecule has 7 heteroatoms. The van der Waals surface area contributed by atoms with Gasteiger partial charge in [0, 0.05) is 26.1 Å². The number of nitrogens with zero attached hydrogens (tertiary/aromatic N) is 3. The van der Waals surface area contributed by atoms with Crippen LogP contribution in [0.15, 0.2) is 12.4 Å². The van der Waals surface area contributed by atoms with E-state index in [1.807, 2.05) is 13.8 Å². The van der Waals surface area contributed by atoms with Gasteiger partial charge in [0.1, 0.15) is 10.8 Å². The fourth-order valence-corrected chi connectivity index (χ4v) is 1.64. The van der Waals surface area contributed by atoms with Crippen LogP contribution in [0.3, 0.4) is 0 Å². The standard InChI is InChI=1S/C12H17ClN4O2/c1-3-17(4-2)11(18)5-6-14-12(19)9-7-16-10(13)8-15-9/h7-8H,3-6H2,1-2H3,(H,14,19). The molecule has 1 aromatic heterocycles. The van der Waals surface area contributed by atoms with E-state index in [0.717, 1.165) is 0 Å². The van der Waals surface area contributed by atoms with Crippen molar-refractivity contribution in [3.05, 3.63) is 23.2 Å². The Kier molecular flexibility index (Phi) is 6.21. The maximum Gasteiger partial charge on any atom is 0.271 e. The van der Waals surface area contributed by atoms with Gasteiger partial charge in [0.15, 0.2) is 0 Å². The third-order valence-corrected chi connectivity index (χ3v) is 2.79. The fourth-order valence-electron chi connectivity index (χ4n) is 1.54. The van der Waals surface area contributed by atoms with Crippen LogP contribution in [0, 0.1) is 0 Å². The monoisotopic (exact) mass is 284 g/mol. The lowest BCUT2D eigenvalue weighted by molar-refractivity contribution is -0.130. The van der Waals surface area contributed by atoms with Crippen LogP contribution in [0.1, 0.15) is 30.8 Å². The van der Waals surface area contributed by atoms with E-state index < -0.39 is 0 Å². The lowest BCUT2D eigenvalue weighted by Crippen LogP contribution is -2.34.